The van der Waals surface area contributed by atoms with E-state index in [1.54, 1.807) is 26.2 Å². The average Bonchev–Trinajstić information content (AvgIpc) is 3.13. The fraction of sp³-hybridized carbons (Fsp3) is 0.524. The van der Waals surface area contributed by atoms with Crippen molar-refractivity contribution in [3.63, 3.8) is 0 Å². The van der Waals surface area contributed by atoms with Crippen LogP contribution in [-0.2, 0) is 41.4 Å². The molecule has 3 heterocycles. The summed E-state index contributed by atoms with van der Waals surface area (Å²) in [5, 5.41) is 12.6. The molecule has 51 heavy (non-hydrogen) atoms. The van der Waals surface area contributed by atoms with Gasteiger partial charge in [-0.25, -0.2) is 0 Å². The van der Waals surface area contributed by atoms with E-state index in [1.807, 2.05) is 70.2 Å². The van der Waals surface area contributed by atoms with E-state index in [2.05, 4.69) is 19.6 Å². The van der Waals surface area contributed by atoms with E-state index in [1.165, 1.54) is 0 Å². The minimum atomic E-state index is -1.80. The number of benzene rings is 2. The fourth-order valence-corrected chi connectivity index (χ4v) is 9.28. The molecule has 4 fully saturated rings. The Morgan fingerprint density at radius 1 is 1.04 bits per heavy atom. The summed E-state index contributed by atoms with van der Waals surface area (Å²) in [4.78, 5) is 27.3. The number of carbonyl (C=O) groups is 2. The SMILES string of the molecule is C=C(C)[C@]12C[C@@H]3O[C@](Cc4ccccc4)(O1)O[C@]1([C@H](C)C2)[C@H]3C=C(COC(=O)Cc2ccc(OC(C)(C)C)c(OC)c2)C[C@]2(O)C(=O)C(C)=C[C@@H]12. The number of hydrogen-bond acceptors (Lipinski definition) is 9. The first-order valence-electron chi connectivity index (χ1n) is 18.0. The molecule has 1 N–H and O–H groups in total. The second-order valence-corrected chi connectivity index (χ2v) is 16.3. The first-order valence-corrected chi connectivity index (χ1v) is 18.0. The summed E-state index contributed by atoms with van der Waals surface area (Å²) >= 11 is 0. The third-order valence-electron chi connectivity index (χ3n) is 11.4. The molecule has 272 valence electrons. The molecule has 2 aromatic carbocycles. The lowest BCUT2D eigenvalue weighted by molar-refractivity contribution is -0.500. The zero-order valence-corrected chi connectivity index (χ0v) is 30.7. The van der Waals surface area contributed by atoms with E-state index in [0.717, 1.165) is 11.1 Å². The van der Waals surface area contributed by atoms with Crippen molar-refractivity contribution in [1.29, 1.82) is 0 Å². The zero-order chi connectivity index (χ0) is 36.6. The number of fused-ring (bicyclic) bond motifs is 2. The highest BCUT2D eigenvalue weighted by atomic mass is 16.9. The molecule has 2 aromatic rings. The molecule has 0 aromatic heterocycles. The Bertz CT molecular complexity index is 1810. The maximum absolute atomic E-state index is 14.0. The van der Waals surface area contributed by atoms with Gasteiger partial charge in [0.1, 0.15) is 17.8 Å². The van der Waals surface area contributed by atoms with Crippen molar-refractivity contribution in [1.82, 2.24) is 0 Å². The van der Waals surface area contributed by atoms with Crippen LogP contribution in [0, 0.1) is 17.8 Å². The zero-order valence-electron chi connectivity index (χ0n) is 30.7. The molecule has 6 aliphatic rings. The van der Waals surface area contributed by atoms with Gasteiger partial charge >= 0.3 is 5.97 Å². The summed E-state index contributed by atoms with van der Waals surface area (Å²) in [5.74, 6) is -2.37. The van der Waals surface area contributed by atoms with Crippen molar-refractivity contribution < 1.29 is 43.1 Å². The Balaban J connectivity index is 1.22. The third kappa shape index (κ3) is 6.06. The molecule has 8 atom stereocenters. The summed E-state index contributed by atoms with van der Waals surface area (Å²) in [6, 6.07) is 15.3. The lowest BCUT2D eigenvalue weighted by Crippen LogP contribution is -2.70. The van der Waals surface area contributed by atoms with E-state index in [0.29, 0.717) is 47.5 Å². The molecule has 0 amide bonds. The van der Waals surface area contributed by atoms with Gasteiger partial charge in [-0.3, -0.25) is 9.59 Å². The van der Waals surface area contributed by atoms with Gasteiger partial charge in [-0.05, 0) is 86.9 Å². The Morgan fingerprint density at radius 3 is 2.47 bits per heavy atom. The number of ether oxygens (including phenoxy) is 6. The minimum Gasteiger partial charge on any atom is -0.493 e. The summed E-state index contributed by atoms with van der Waals surface area (Å²) in [7, 11) is 1.56. The number of ketones is 1. The van der Waals surface area contributed by atoms with Gasteiger partial charge in [0.2, 0.25) is 0 Å². The monoisotopic (exact) mass is 698 g/mol. The number of esters is 1. The van der Waals surface area contributed by atoms with Gasteiger partial charge in [0.15, 0.2) is 17.3 Å². The number of rotatable bonds is 9. The minimum absolute atomic E-state index is 0.00348. The van der Waals surface area contributed by atoms with Crippen LogP contribution in [0.4, 0.5) is 0 Å². The van der Waals surface area contributed by atoms with Crippen LogP contribution in [0.2, 0.25) is 0 Å². The van der Waals surface area contributed by atoms with Crippen molar-refractivity contribution >= 4 is 11.8 Å². The van der Waals surface area contributed by atoms with Crippen molar-refractivity contribution in [3.05, 3.63) is 95.1 Å². The predicted molar refractivity (Wildman–Crippen MR) is 190 cm³/mol. The molecular formula is C42H50O9. The maximum Gasteiger partial charge on any atom is 0.310 e. The van der Waals surface area contributed by atoms with Gasteiger partial charge in [-0.2, -0.15) is 0 Å². The van der Waals surface area contributed by atoms with Crippen LogP contribution in [0.25, 0.3) is 0 Å². The lowest BCUT2D eigenvalue weighted by atomic mass is 9.63. The molecule has 0 radical (unpaired) electrons. The van der Waals surface area contributed by atoms with Crippen molar-refractivity contribution in [2.45, 2.75) is 108 Å². The van der Waals surface area contributed by atoms with E-state index in [9.17, 15) is 14.7 Å². The summed E-state index contributed by atoms with van der Waals surface area (Å²) in [6.45, 7) is 16.0. The molecule has 3 aliphatic carbocycles. The molecule has 0 unspecified atom stereocenters. The van der Waals surface area contributed by atoms with E-state index in [4.69, 9.17) is 28.4 Å². The van der Waals surface area contributed by atoms with Crippen LogP contribution in [0.15, 0.2) is 84.0 Å². The first-order chi connectivity index (χ1) is 24.0. The van der Waals surface area contributed by atoms with Crippen molar-refractivity contribution in [2.75, 3.05) is 13.7 Å². The molecule has 4 bridgehead atoms. The lowest BCUT2D eigenvalue weighted by Gasteiger charge is -2.60. The molecule has 3 saturated heterocycles. The van der Waals surface area contributed by atoms with Gasteiger partial charge in [0.25, 0.3) is 5.97 Å². The number of carbonyl (C=O) groups excluding carboxylic acids is 2. The van der Waals surface area contributed by atoms with Gasteiger partial charge in [-0.15, -0.1) is 0 Å². The van der Waals surface area contributed by atoms with Gasteiger partial charge < -0.3 is 33.5 Å². The van der Waals surface area contributed by atoms with Crippen LogP contribution in [-0.4, -0.2) is 65.1 Å². The van der Waals surface area contributed by atoms with Gasteiger partial charge in [-0.1, -0.05) is 62.1 Å². The second kappa shape index (κ2) is 12.4. The summed E-state index contributed by atoms with van der Waals surface area (Å²) in [6.07, 6.45) is 5.03. The van der Waals surface area contributed by atoms with Gasteiger partial charge in [0.05, 0.1) is 37.3 Å². The molecule has 3 aliphatic heterocycles. The molecule has 1 saturated carbocycles. The Kier molecular flexibility index (Phi) is 8.69. The number of hydrogen-bond donors (Lipinski definition) is 1. The predicted octanol–water partition coefficient (Wildman–Crippen LogP) is 6.61. The van der Waals surface area contributed by atoms with Crippen molar-refractivity contribution in [3.8, 4) is 11.5 Å². The fourth-order valence-electron chi connectivity index (χ4n) is 9.28. The normalized spacial score (nSPS) is 35.2. The standard InChI is InChI=1S/C42H50O9/c1-25(2)39-20-27(4)42-31(34(23-39)49-41(50-39,51-42)22-28-12-10-9-11-13-28)17-30(21-40(45)35(42)16-26(3)37(40)44)24-47-36(43)19-29-14-15-32(33(18-29)46-8)48-38(5,6)7/h9-18,27,31,34-35,45H,1,19-24H2,2-8H3/t27-,31+,34+,35-,39+,40-,41-,42-/m1/s1. The number of Topliss-reactive ketones (excluding diaryl/α,β-unsaturated/α-hetero) is 1. The molecular weight excluding hydrogens is 648 g/mol. The molecule has 1 spiro atoms. The first kappa shape index (κ1) is 35.6. The quantitative estimate of drug-likeness (QED) is 0.229. The van der Waals surface area contributed by atoms with Crippen molar-refractivity contribution in [2.24, 2.45) is 17.8 Å². The maximum atomic E-state index is 14.0. The Labute approximate surface area is 300 Å². The highest BCUT2D eigenvalue weighted by molar-refractivity contribution is 6.04. The second-order valence-electron chi connectivity index (χ2n) is 16.3. The third-order valence-corrected chi connectivity index (χ3v) is 11.4. The number of methoxy groups -OCH3 is 1. The smallest absolute Gasteiger partial charge is 0.310 e. The largest absolute Gasteiger partial charge is 0.493 e. The summed E-state index contributed by atoms with van der Waals surface area (Å²) in [5.41, 5.74) is -0.308. The molecule has 9 nitrogen and oxygen atoms in total. The molecule has 9 heteroatoms. The average molecular weight is 699 g/mol. The Morgan fingerprint density at radius 2 is 1.78 bits per heavy atom. The topological polar surface area (TPSA) is 110 Å². The van der Waals surface area contributed by atoms with Crippen LogP contribution in [0.5, 0.6) is 11.5 Å². The number of aliphatic hydroxyl groups is 1. The van der Waals surface area contributed by atoms with E-state index in [-0.39, 0.29) is 43.2 Å². The van der Waals surface area contributed by atoms with Crippen LogP contribution >= 0.6 is 0 Å². The van der Waals surface area contributed by atoms with E-state index >= 15 is 0 Å². The highest BCUT2D eigenvalue weighted by Gasteiger charge is 2.74. The summed E-state index contributed by atoms with van der Waals surface area (Å²) < 4.78 is 38.5. The van der Waals surface area contributed by atoms with Crippen LogP contribution < -0.4 is 9.47 Å². The van der Waals surface area contributed by atoms with E-state index < -0.39 is 40.3 Å². The Hall–Kier alpha value is -3.76. The highest BCUT2D eigenvalue weighted by Crippen LogP contribution is 2.65. The molecule has 8 rings (SSSR count). The van der Waals surface area contributed by atoms with Crippen LogP contribution in [0.1, 0.15) is 71.9 Å². The van der Waals surface area contributed by atoms with Crippen LogP contribution in [0.3, 0.4) is 0 Å². The van der Waals surface area contributed by atoms with Gasteiger partial charge in [0, 0.05) is 24.7 Å².